The molecule has 116 valence electrons. The molecule has 0 saturated carbocycles. The third-order valence-corrected chi connectivity index (χ3v) is 4.61. The molecule has 0 spiro atoms. The number of rotatable bonds is 6. The molecule has 1 fully saturated rings. The minimum atomic E-state index is -0.510. The first-order chi connectivity index (χ1) is 10.2. The molecular weight excluding hydrogens is 286 g/mol. The van der Waals surface area contributed by atoms with Crippen molar-refractivity contribution >= 4 is 23.2 Å². The lowest BCUT2D eigenvalue weighted by Gasteiger charge is -2.23. The maximum atomic E-state index is 12.0. The summed E-state index contributed by atoms with van der Waals surface area (Å²) in [5.74, 6) is 0.336. The second kappa shape index (κ2) is 8.14. The predicted octanol–water partition coefficient (Wildman–Crippen LogP) is 1.37. The van der Waals surface area contributed by atoms with E-state index in [2.05, 4.69) is 16.0 Å². The van der Waals surface area contributed by atoms with Crippen molar-refractivity contribution in [2.24, 2.45) is 5.92 Å². The Morgan fingerprint density at radius 3 is 3.05 bits per heavy atom. The molecule has 0 aliphatic carbocycles. The fourth-order valence-corrected chi connectivity index (χ4v) is 3.09. The van der Waals surface area contributed by atoms with Gasteiger partial charge in [-0.05, 0) is 56.6 Å². The summed E-state index contributed by atoms with van der Waals surface area (Å²) in [6.07, 6.45) is 3.43. The monoisotopic (exact) mass is 309 g/mol. The van der Waals surface area contributed by atoms with Crippen LogP contribution in [0.15, 0.2) is 17.5 Å². The van der Waals surface area contributed by atoms with Gasteiger partial charge in [-0.2, -0.15) is 0 Å². The van der Waals surface area contributed by atoms with E-state index in [9.17, 15) is 9.59 Å². The summed E-state index contributed by atoms with van der Waals surface area (Å²) < 4.78 is 0. The SMILES string of the molecule is CC(NC(=O)c1cccs1)C(=O)NCCC1CCCNC1. The number of piperidine rings is 1. The molecule has 0 aromatic carbocycles. The number of thiophene rings is 1. The lowest BCUT2D eigenvalue weighted by Crippen LogP contribution is -2.45. The van der Waals surface area contributed by atoms with Gasteiger partial charge in [-0.25, -0.2) is 0 Å². The van der Waals surface area contributed by atoms with Crippen molar-refractivity contribution < 1.29 is 9.59 Å². The van der Waals surface area contributed by atoms with Crippen LogP contribution in [0.1, 0.15) is 35.9 Å². The third-order valence-electron chi connectivity index (χ3n) is 3.74. The summed E-state index contributed by atoms with van der Waals surface area (Å²) in [5, 5.41) is 10.8. The van der Waals surface area contributed by atoms with Crippen molar-refractivity contribution in [1.29, 1.82) is 0 Å². The zero-order valence-electron chi connectivity index (χ0n) is 12.4. The van der Waals surface area contributed by atoms with E-state index in [1.165, 1.54) is 24.2 Å². The normalized spacial score (nSPS) is 19.8. The van der Waals surface area contributed by atoms with Crippen molar-refractivity contribution in [3.8, 4) is 0 Å². The van der Waals surface area contributed by atoms with E-state index in [-0.39, 0.29) is 11.8 Å². The minimum absolute atomic E-state index is 0.122. The van der Waals surface area contributed by atoms with Crippen LogP contribution in [0.4, 0.5) is 0 Å². The highest BCUT2D eigenvalue weighted by molar-refractivity contribution is 7.12. The second-order valence-corrected chi connectivity index (χ2v) is 6.41. The molecule has 3 N–H and O–H groups in total. The van der Waals surface area contributed by atoms with Crippen molar-refractivity contribution in [3.63, 3.8) is 0 Å². The van der Waals surface area contributed by atoms with E-state index in [4.69, 9.17) is 0 Å². The number of carbonyl (C=O) groups excluding carboxylic acids is 2. The van der Waals surface area contributed by atoms with Gasteiger partial charge in [-0.15, -0.1) is 11.3 Å². The molecule has 1 aromatic heterocycles. The number of hydrogen-bond acceptors (Lipinski definition) is 4. The van der Waals surface area contributed by atoms with Gasteiger partial charge in [0, 0.05) is 6.54 Å². The Bertz CT molecular complexity index is 455. The Kier molecular flexibility index (Phi) is 6.20. The zero-order valence-corrected chi connectivity index (χ0v) is 13.2. The van der Waals surface area contributed by atoms with Gasteiger partial charge in [0.25, 0.3) is 5.91 Å². The fraction of sp³-hybridized carbons (Fsp3) is 0.600. The topological polar surface area (TPSA) is 70.2 Å². The Balaban J connectivity index is 1.66. The van der Waals surface area contributed by atoms with Gasteiger partial charge in [0.15, 0.2) is 0 Å². The first-order valence-electron chi connectivity index (χ1n) is 7.49. The molecule has 21 heavy (non-hydrogen) atoms. The van der Waals surface area contributed by atoms with Gasteiger partial charge in [-0.1, -0.05) is 6.07 Å². The summed E-state index contributed by atoms with van der Waals surface area (Å²) in [6, 6.07) is 3.06. The number of carbonyl (C=O) groups is 2. The molecule has 0 bridgehead atoms. The van der Waals surface area contributed by atoms with Crippen molar-refractivity contribution in [2.75, 3.05) is 19.6 Å². The van der Waals surface area contributed by atoms with Crippen LogP contribution < -0.4 is 16.0 Å². The number of hydrogen-bond donors (Lipinski definition) is 3. The largest absolute Gasteiger partial charge is 0.354 e. The van der Waals surface area contributed by atoms with E-state index >= 15 is 0 Å². The Hall–Kier alpha value is -1.40. The first kappa shape index (κ1) is 16.0. The van der Waals surface area contributed by atoms with Gasteiger partial charge in [0.2, 0.25) is 5.91 Å². The predicted molar refractivity (Wildman–Crippen MR) is 84.5 cm³/mol. The minimum Gasteiger partial charge on any atom is -0.354 e. The second-order valence-electron chi connectivity index (χ2n) is 5.46. The Morgan fingerprint density at radius 2 is 2.38 bits per heavy atom. The zero-order chi connectivity index (χ0) is 15.1. The van der Waals surface area contributed by atoms with Gasteiger partial charge >= 0.3 is 0 Å². The van der Waals surface area contributed by atoms with Crippen LogP contribution >= 0.6 is 11.3 Å². The maximum Gasteiger partial charge on any atom is 0.261 e. The summed E-state index contributed by atoms with van der Waals surface area (Å²) in [6.45, 7) is 4.53. The molecule has 2 heterocycles. The van der Waals surface area contributed by atoms with Gasteiger partial charge in [0.1, 0.15) is 6.04 Å². The van der Waals surface area contributed by atoms with Crippen LogP contribution in [0, 0.1) is 5.92 Å². The third kappa shape index (κ3) is 5.13. The molecule has 1 aliphatic rings. The molecule has 2 atom stereocenters. The van der Waals surface area contributed by atoms with E-state index in [1.807, 2.05) is 11.4 Å². The van der Waals surface area contributed by atoms with Crippen molar-refractivity contribution in [2.45, 2.75) is 32.2 Å². The summed E-state index contributed by atoms with van der Waals surface area (Å²) in [4.78, 5) is 24.4. The highest BCUT2D eigenvalue weighted by Gasteiger charge is 2.18. The molecule has 0 radical (unpaired) electrons. The summed E-state index contributed by atoms with van der Waals surface area (Å²) >= 11 is 1.37. The molecule has 1 saturated heterocycles. The van der Waals surface area contributed by atoms with Crippen LogP contribution in [0.5, 0.6) is 0 Å². The van der Waals surface area contributed by atoms with Crippen LogP contribution in [0.2, 0.25) is 0 Å². The van der Waals surface area contributed by atoms with E-state index < -0.39 is 6.04 Å². The van der Waals surface area contributed by atoms with Gasteiger partial charge in [-0.3, -0.25) is 9.59 Å². The van der Waals surface area contributed by atoms with E-state index in [1.54, 1.807) is 13.0 Å². The molecule has 5 nitrogen and oxygen atoms in total. The maximum absolute atomic E-state index is 12.0. The summed E-state index contributed by atoms with van der Waals surface area (Å²) in [5.41, 5.74) is 0. The molecule has 2 amide bonds. The lowest BCUT2D eigenvalue weighted by molar-refractivity contribution is -0.122. The first-order valence-corrected chi connectivity index (χ1v) is 8.37. The van der Waals surface area contributed by atoms with Crippen LogP contribution in [0.3, 0.4) is 0 Å². The van der Waals surface area contributed by atoms with E-state index in [0.29, 0.717) is 17.3 Å². The molecule has 1 aliphatic heterocycles. The fourth-order valence-electron chi connectivity index (χ4n) is 2.46. The van der Waals surface area contributed by atoms with Gasteiger partial charge < -0.3 is 16.0 Å². The summed E-state index contributed by atoms with van der Waals surface area (Å²) in [7, 11) is 0. The van der Waals surface area contributed by atoms with Crippen LogP contribution in [-0.4, -0.2) is 37.5 Å². The molecule has 2 rings (SSSR count). The highest BCUT2D eigenvalue weighted by Crippen LogP contribution is 2.13. The Labute approximate surface area is 129 Å². The smallest absolute Gasteiger partial charge is 0.261 e. The highest BCUT2D eigenvalue weighted by atomic mass is 32.1. The number of amides is 2. The quantitative estimate of drug-likeness (QED) is 0.743. The lowest BCUT2D eigenvalue weighted by atomic mass is 9.96. The van der Waals surface area contributed by atoms with Crippen molar-refractivity contribution in [3.05, 3.63) is 22.4 Å². The average Bonchev–Trinajstić information content (AvgIpc) is 3.02. The van der Waals surface area contributed by atoms with Crippen molar-refractivity contribution in [1.82, 2.24) is 16.0 Å². The molecular formula is C15H23N3O2S. The Morgan fingerprint density at radius 1 is 1.52 bits per heavy atom. The average molecular weight is 309 g/mol. The van der Waals surface area contributed by atoms with Crippen LogP contribution in [-0.2, 0) is 4.79 Å². The molecule has 1 aromatic rings. The van der Waals surface area contributed by atoms with Gasteiger partial charge in [0.05, 0.1) is 4.88 Å². The molecule has 2 unspecified atom stereocenters. The van der Waals surface area contributed by atoms with Crippen LogP contribution in [0.25, 0.3) is 0 Å². The molecule has 6 heteroatoms. The standard InChI is InChI=1S/C15H23N3O2S/c1-11(18-15(20)13-5-3-9-21-13)14(19)17-8-6-12-4-2-7-16-10-12/h3,5,9,11-12,16H,2,4,6-8,10H2,1H3,(H,17,19)(H,18,20). The number of nitrogens with one attached hydrogen (secondary N) is 3. The van der Waals surface area contributed by atoms with E-state index in [0.717, 1.165) is 19.5 Å².